The third-order valence-electron chi connectivity index (χ3n) is 3.15. The fourth-order valence-electron chi connectivity index (χ4n) is 1.87. The highest BCUT2D eigenvalue weighted by atomic mass is 16.2. The Morgan fingerprint density at radius 2 is 1.95 bits per heavy atom. The number of nitrogens with one attached hydrogen (secondary N) is 1. The summed E-state index contributed by atoms with van der Waals surface area (Å²) in [5.41, 5.74) is 3.00. The topological polar surface area (TPSA) is 49.4 Å². The molecule has 104 valence electrons. The van der Waals surface area contributed by atoms with Crippen LogP contribution in [0.3, 0.4) is 0 Å². The zero-order valence-electron chi connectivity index (χ0n) is 12.1. The second-order valence-electron chi connectivity index (χ2n) is 4.74. The number of anilines is 1. The standard InChI is InChI=1S/C15H22N2O2/c1-5-9-17(13(4)18)10-15(19)16-14-8-6-7-11(2)12(14)3/h6-8H,5,9-10H2,1-4H3,(H,16,19). The fourth-order valence-corrected chi connectivity index (χ4v) is 1.87. The second kappa shape index (κ2) is 6.92. The van der Waals surface area contributed by atoms with Gasteiger partial charge in [0, 0.05) is 19.2 Å². The largest absolute Gasteiger partial charge is 0.334 e. The Morgan fingerprint density at radius 1 is 1.26 bits per heavy atom. The van der Waals surface area contributed by atoms with Gasteiger partial charge in [0.25, 0.3) is 0 Å². The van der Waals surface area contributed by atoms with Crippen molar-refractivity contribution in [1.82, 2.24) is 4.90 Å². The van der Waals surface area contributed by atoms with Crippen molar-refractivity contribution in [2.75, 3.05) is 18.4 Å². The van der Waals surface area contributed by atoms with E-state index in [-0.39, 0.29) is 18.4 Å². The van der Waals surface area contributed by atoms with E-state index in [1.54, 1.807) is 4.90 Å². The van der Waals surface area contributed by atoms with Crippen LogP contribution in [0.2, 0.25) is 0 Å². The lowest BCUT2D eigenvalue weighted by Gasteiger charge is -2.20. The molecule has 0 aliphatic carbocycles. The zero-order valence-corrected chi connectivity index (χ0v) is 12.1. The minimum atomic E-state index is -0.155. The summed E-state index contributed by atoms with van der Waals surface area (Å²) in [6, 6.07) is 5.79. The van der Waals surface area contributed by atoms with Gasteiger partial charge in [-0.2, -0.15) is 0 Å². The smallest absolute Gasteiger partial charge is 0.244 e. The molecule has 0 bridgehead atoms. The molecule has 0 aromatic heterocycles. The molecule has 1 N–H and O–H groups in total. The molecule has 1 rings (SSSR count). The van der Waals surface area contributed by atoms with Crippen molar-refractivity contribution in [3.8, 4) is 0 Å². The predicted octanol–water partition coefficient (Wildman–Crippen LogP) is 2.50. The first kappa shape index (κ1) is 15.2. The van der Waals surface area contributed by atoms with Gasteiger partial charge >= 0.3 is 0 Å². The maximum absolute atomic E-state index is 12.0. The molecule has 1 aromatic rings. The minimum Gasteiger partial charge on any atom is -0.334 e. The molecule has 0 fully saturated rings. The van der Waals surface area contributed by atoms with Gasteiger partial charge in [-0.15, -0.1) is 0 Å². The lowest BCUT2D eigenvalue weighted by atomic mass is 10.1. The number of benzene rings is 1. The van der Waals surface area contributed by atoms with E-state index in [0.717, 1.165) is 23.2 Å². The van der Waals surface area contributed by atoms with E-state index >= 15 is 0 Å². The van der Waals surface area contributed by atoms with Crippen molar-refractivity contribution in [1.29, 1.82) is 0 Å². The third kappa shape index (κ3) is 4.39. The summed E-state index contributed by atoms with van der Waals surface area (Å²) >= 11 is 0. The van der Waals surface area contributed by atoms with Gasteiger partial charge in [-0.25, -0.2) is 0 Å². The van der Waals surface area contributed by atoms with Crippen LogP contribution < -0.4 is 5.32 Å². The van der Waals surface area contributed by atoms with Crippen molar-refractivity contribution >= 4 is 17.5 Å². The van der Waals surface area contributed by atoms with Crippen LogP contribution in [-0.4, -0.2) is 29.8 Å². The van der Waals surface area contributed by atoms with Crippen LogP contribution in [0.1, 0.15) is 31.4 Å². The number of carbonyl (C=O) groups is 2. The molecule has 0 heterocycles. The van der Waals surface area contributed by atoms with E-state index in [4.69, 9.17) is 0 Å². The van der Waals surface area contributed by atoms with Crippen molar-refractivity contribution in [2.45, 2.75) is 34.1 Å². The van der Waals surface area contributed by atoms with Gasteiger partial charge in [0.15, 0.2) is 0 Å². The summed E-state index contributed by atoms with van der Waals surface area (Å²) in [6.07, 6.45) is 0.844. The Hall–Kier alpha value is -1.84. The molecule has 19 heavy (non-hydrogen) atoms. The van der Waals surface area contributed by atoms with Crippen molar-refractivity contribution < 1.29 is 9.59 Å². The summed E-state index contributed by atoms with van der Waals surface area (Å²) < 4.78 is 0. The summed E-state index contributed by atoms with van der Waals surface area (Å²) in [5, 5.41) is 2.86. The highest BCUT2D eigenvalue weighted by molar-refractivity contribution is 5.95. The van der Waals surface area contributed by atoms with Crippen LogP contribution in [-0.2, 0) is 9.59 Å². The Labute approximate surface area is 114 Å². The number of carbonyl (C=O) groups excluding carboxylic acids is 2. The lowest BCUT2D eigenvalue weighted by molar-refractivity contribution is -0.132. The van der Waals surface area contributed by atoms with Gasteiger partial charge < -0.3 is 10.2 Å². The summed E-state index contributed by atoms with van der Waals surface area (Å²) in [5.74, 6) is -0.227. The predicted molar refractivity (Wildman–Crippen MR) is 77.1 cm³/mol. The van der Waals surface area contributed by atoms with Crippen LogP contribution in [0.5, 0.6) is 0 Å². The fraction of sp³-hybridized carbons (Fsp3) is 0.467. The number of aryl methyl sites for hydroxylation is 1. The van der Waals surface area contributed by atoms with E-state index in [2.05, 4.69) is 5.32 Å². The Kier molecular flexibility index (Phi) is 5.55. The van der Waals surface area contributed by atoms with Gasteiger partial charge in [-0.1, -0.05) is 19.1 Å². The van der Waals surface area contributed by atoms with Crippen LogP contribution in [0.25, 0.3) is 0 Å². The molecule has 0 radical (unpaired) electrons. The van der Waals surface area contributed by atoms with E-state index in [1.807, 2.05) is 39.0 Å². The molecule has 0 saturated carbocycles. The SMILES string of the molecule is CCCN(CC(=O)Nc1cccc(C)c1C)C(C)=O. The Morgan fingerprint density at radius 3 is 2.53 bits per heavy atom. The number of amides is 2. The average molecular weight is 262 g/mol. The van der Waals surface area contributed by atoms with Crippen molar-refractivity contribution in [2.24, 2.45) is 0 Å². The van der Waals surface area contributed by atoms with Crippen LogP contribution in [0.15, 0.2) is 18.2 Å². The van der Waals surface area contributed by atoms with E-state index < -0.39 is 0 Å². The Balaban J connectivity index is 2.69. The van der Waals surface area contributed by atoms with Gasteiger partial charge in [-0.05, 0) is 37.5 Å². The molecule has 4 nitrogen and oxygen atoms in total. The molecule has 2 amide bonds. The molecule has 0 saturated heterocycles. The first-order valence-electron chi connectivity index (χ1n) is 6.57. The molecule has 0 unspecified atom stereocenters. The monoisotopic (exact) mass is 262 g/mol. The quantitative estimate of drug-likeness (QED) is 0.886. The van der Waals surface area contributed by atoms with Gasteiger partial charge in [-0.3, -0.25) is 9.59 Å². The number of hydrogen-bond acceptors (Lipinski definition) is 2. The van der Waals surface area contributed by atoms with Crippen molar-refractivity contribution in [3.63, 3.8) is 0 Å². The number of hydrogen-bond donors (Lipinski definition) is 1. The maximum Gasteiger partial charge on any atom is 0.244 e. The van der Waals surface area contributed by atoms with Crippen LogP contribution >= 0.6 is 0 Å². The average Bonchev–Trinajstić information content (AvgIpc) is 2.34. The van der Waals surface area contributed by atoms with Crippen molar-refractivity contribution in [3.05, 3.63) is 29.3 Å². The molecule has 0 spiro atoms. The first-order valence-corrected chi connectivity index (χ1v) is 6.57. The molecular formula is C15H22N2O2. The van der Waals surface area contributed by atoms with Gasteiger partial charge in [0.2, 0.25) is 11.8 Å². The second-order valence-corrected chi connectivity index (χ2v) is 4.74. The van der Waals surface area contributed by atoms with E-state index in [0.29, 0.717) is 6.54 Å². The zero-order chi connectivity index (χ0) is 14.4. The molecule has 1 aromatic carbocycles. The molecule has 0 aliphatic rings. The summed E-state index contributed by atoms with van der Waals surface area (Å²) in [7, 11) is 0. The summed E-state index contributed by atoms with van der Waals surface area (Å²) in [6.45, 7) is 8.16. The van der Waals surface area contributed by atoms with Crippen LogP contribution in [0.4, 0.5) is 5.69 Å². The van der Waals surface area contributed by atoms with Crippen LogP contribution in [0, 0.1) is 13.8 Å². The lowest BCUT2D eigenvalue weighted by Crippen LogP contribution is -2.37. The first-order chi connectivity index (χ1) is 8.95. The Bertz CT molecular complexity index is 469. The van der Waals surface area contributed by atoms with E-state index in [9.17, 15) is 9.59 Å². The summed E-state index contributed by atoms with van der Waals surface area (Å²) in [4.78, 5) is 24.9. The van der Waals surface area contributed by atoms with Gasteiger partial charge in [0.05, 0.1) is 6.54 Å². The molecule has 4 heteroatoms. The highest BCUT2D eigenvalue weighted by Crippen LogP contribution is 2.17. The highest BCUT2D eigenvalue weighted by Gasteiger charge is 2.13. The minimum absolute atomic E-state index is 0.0713. The normalized spacial score (nSPS) is 10.1. The molecule has 0 aliphatic heterocycles. The number of nitrogens with zero attached hydrogens (tertiary/aromatic N) is 1. The number of rotatable bonds is 5. The molecule has 0 atom stereocenters. The third-order valence-corrected chi connectivity index (χ3v) is 3.15. The van der Waals surface area contributed by atoms with E-state index in [1.165, 1.54) is 6.92 Å². The maximum atomic E-state index is 12.0. The molecular weight excluding hydrogens is 240 g/mol. The van der Waals surface area contributed by atoms with Gasteiger partial charge in [0.1, 0.15) is 0 Å².